The highest BCUT2D eigenvalue weighted by Crippen LogP contribution is 2.19. The van der Waals surface area contributed by atoms with Crippen LogP contribution >= 0.6 is 28.6 Å². The molecular weight excluding hydrogens is 220 g/mol. The lowest BCUT2D eigenvalue weighted by Crippen LogP contribution is -1.90. The zero-order valence-corrected chi connectivity index (χ0v) is 8.95. The summed E-state index contributed by atoms with van der Waals surface area (Å²) in [5, 5.41) is 0. The molecule has 11 heavy (non-hydrogen) atoms. The Morgan fingerprint density at radius 1 is 1.45 bits per heavy atom. The van der Waals surface area contributed by atoms with E-state index in [1.807, 2.05) is 0 Å². The summed E-state index contributed by atoms with van der Waals surface area (Å²) in [7, 11) is 0. The van der Waals surface area contributed by atoms with Gasteiger partial charge in [-0.2, -0.15) is 12.6 Å². The minimum atomic E-state index is 0.914. The minimum Gasteiger partial charge on any atom is -0.179 e. The van der Waals surface area contributed by atoms with Gasteiger partial charge in [0.05, 0.1) is 0 Å². The van der Waals surface area contributed by atoms with Crippen LogP contribution in [0, 0.1) is 6.92 Å². The van der Waals surface area contributed by atoms with Crippen LogP contribution in [0.25, 0.3) is 0 Å². The van der Waals surface area contributed by atoms with Gasteiger partial charge in [0.2, 0.25) is 0 Å². The van der Waals surface area contributed by atoms with Crippen LogP contribution in [0.4, 0.5) is 0 Å². The molecule has 0 aliphatic carbocycles. The molecule has 0 atom stereocenters. The van der Waals surface area contributed by atoms with Crippen molar-refractivity contribution in [3.63, 3.8) is 0 Å². The molecule has 1 rings (SSSR count). The summed E-state index contributed by atoms with van der Waals surface area (Å²) in [6.45, 7) is 2.13. The molecule has 0 N–H and O–H groups in total. The van der Waals surface area contributed by atoms with Crippen molar-refractivity contribution in [1.29, 1.82) is 0 Å². The van der Waals surface area contributed by atoms with E-state index in [1.54, 1.807) is 0 Å². The first kappa shape index (κ1) is 9.14. The van der Waals surface area contributed by atoms with E-state index in [-0.39, 0.29) is 0 Å². The van der Waals surface area contributed by atoms with E-state index in [2.05, 4.69) is 53.7 Å². The summed E-state index contributed by atoms with van der Waals surface area (Å²) in [4.78, 5) is 0. The van der Waals surface area contributed by atoms with Crippen molar-refractivity contribution in [2.45, 2.75) is 13.3 Å². The lowest BCUT2D eigenvalue weighted by Gasteiger charge is -2.04. The smallest absolute Gasteiger partial charge is 0.0207 e. The first-order valence-electron chi connectivity index (χ1n) is 3.60. The SMILES string of the molecule is Cc1c(Br)cccc1CCS. The Bertz CT molecular complexity index is 245. The maximum atomic E-state index is 4.20. The van der Waals surface area contributed by atoms with Crippen LogP contribution < -0.4 is 0 Å². The number of hydrogen-bond donors (Lipinski definition) is 1. The van der Waals surface area contributed by atoms with Crippen molar-refractivity contribution < 1.29 is 0 Å². The molecule has 0 saturated heterocycles. The van der Waals surface area contributed by atoms with Crippen molar-refractivity contribution in [2.75, 3.05) is 5.75 Å². The Kier molecular flexibility index (Phi) is 3.46. The van der Waals surface area contributed by atoms with Gasteiger partial charge in [-0.15, -0.1) is 0 Å². The molecule has 0 unspecified atom stereocenters. The van der Waals surface area contributed by atoms with Crippen LogP contribution in [-0.2, 0) is 6.42 Å². The second-order valence-electron chi connectivity index (χ2n) is 2.50. The fourth-order valence-corrected chi connectivity index (χ4v) is 1.69. The molecule has 0 fully saturated rings. The fraction of sp³-hybridized carbons (Fsp3) is 0.333. The van der Waals surface area contributed by atoms with Gasteiger partial charge in [0.15, 0.2) is 0 Å². The van der Waals surface area contributed by atoms with E-state index in [0.29, 0.717) is 0 Å². The van der Waals surface area contributed by atoms with Crippen LogP contribution in [0.2, 0.25) is 0 Å². The van der Waals surface area contributed by atoms with Crippen LogP contribution in [0.5, 0.6) is 0 Å². The summed E-state index contributed by atoms with van der Waals surface area (Å²) in [5.74, 6) is 0.914. The van der Waals surface area contributed by atoms with E-state index in [4.69, 9.17) is 0 Å². The van der Waals surface area contributed by atoms with Crippen LogP contribution in [0.3, 0.4) is 0 Å². The van der Waals surface area contributed by atoms with E-state index in [0.717, 1.165) is 12.2 Å². The maximum Gasteiger partial charge on any atom is 0.0207 e. The molecule has 0 nitrogen and oxygen atoms in total. The highest BCUT2D eigenvalue weighted by Gasteiger charge is 1.99. The lowest BCUT2D eigenvalue weighted by atomic mass is 10.1. The Hall–Kier alpha value is 0.0500. The fourth-order valence-electron chi connectivity index (χ4n) is 1.04. The predicted molar refractivity (Wildman–Crippen MR) is 56.4 cm³/mol. The molecule has 0 saturated carbocycles. The zero-order valence-electron chi connectivity index (χ0n) is 6.47. The van der Waals surface area contributed by atoms with Gasteiger partial charge >= 0.3 is 0 Å². The molecule has 1 aromatic carbocycles. The molecule has 0 aliphatic heterocycles. The van der Waals surface area contributed by atoms with E-state index < -0.39 is 0 Å². The highest BCUT2D eigenvalue weighted by atomic mass is 79.9. The Balaban J connectivity index is 2.96. The van der Waals surface area contributed by atoms with Crippen molar-refractivity contribution in [2.24, 2.45) is 0 Å². The van der Waals surface area contributed by atoms with E-state index >= 15 is 0 Å². The molecule has 0 bridgehead atoms. The Labute approximate surface area is 81.5 Å². The number of aryl methyl sites for hydroxylation is 1. The van der Waals surface area contributed by atoms with Crippen LogP contribution in [-0.4, -0.2) is 5.75 Å². The molecule has 2 heteroatoms. The zero-order chi connectivity index (χ0) is 8.27. The van der Waals surface area contributed by atoms with E-state index in [1.165, 1.54) is 15.6 Å². The van der Waals surface area contributed by atoms with Gasteiger partial charge in [0.25, 0.3) is 0 Å². The number of rotatable bonds is 2. The third-order valence-corrected chi connectivity index (χ3v) is 2.84. The molecule has 0 heterocycles. The highest BCUT2D eigenvalue weighted by molar-refractivity contribution is 9.10. The average molecular weight is 231 g/mol. The lowest BCUT2D eigenvalue weighted by molar-refractivity contribution is 1.12. The molecule has 0 spiro atoms. The molecule has 60 valence electrons. The standard InChI is InChI=1S/C9H11BrS/c1-7-8(5-6-11)3-2-4-9(7)10/h2-4,11H,5-6H2,1H3. The first-order chi connectivity index (χ1) is 5.25. The summed E-state index contributed by atoms with van der Waals surface area (Å²) in [5.41, 5.74) is 2.72. The number of halogens is 1. The quantitative estimate of drug-likeness (QED) is 0.742. The monoisotopic (exact) mass is 230 g/mol. The summed E-state index contributed by atoms with van der Waals surface area (Å²) in [6.07, 6.45) is 1.05. The first-order valence-corrected chi connectivity index (χ1v) is 5.03. The minimum absolute atomic E-state index is 0.914. The third kappa shape index (κ3) is 2.24. The van der Waals surface area contributed by atoms with Crippen LogP contribution in [0.1, 0.15) is 11.1 Å². The molecule has 0 aliphatic rings. The number of benzene rings is 1. The summed E-state index contributed by atoms with van der Waals surface area (Å²) in [6, 6.07) is 6.28. The van der Waals surface area contributed by atoms with Crippen molar-refractivity contribution in [3.05, 3.63) is 33.8 Å². The molecule has 1 aromatic rings. The van der Waals surface area contributed by atoms with E-state index in [9.17, 15) is 0 Å². The molecular formula is C9H11BrS. The van der Waals surface area contributed by atoms with Crippen molar-refractivity contribution in [1.82, 2.24) is 0 Å². The molecule has 0 aromatic heterocycles. The van der Waals surface area contributed by atoms with Crippen LogP contribution in [0.15, 0.2) is 22.7 Å². The second-order valence-corrected chi connectivity index (χ2v) is 3.80. The van der Waals surface area contributed by atoms with Crippen molar-refractivity contribution in [3.8, 4) is 0 Å². The predicted octanol–water partition coefficient (Wildman–Crippen LogP) is 3.23. The maximum absolute atomic E-state index is 4.20. The molecule has 0 amide bonds. The normalized spacial score (nSPS) is 10.1. The summed E-state index contributed by atoms with van der Waals surface area (Å²) >= 11 is 7.69. The largest absolute Gasteiger partial charge is 0.179 e. The third-order valence-electron chi connectivity index (χ3n) is 1.76. The van der Waals surface area contributed by atoms with Gasteiger partial charge < -0.3 is 0 Å². The summed E-state index contributed by atoms with van der Waals surface area (Å²) < 4.78 is 1.19. The van der Waals surface area contributed by atoms with Gasteiger partial charge in [0, 0.05) is 4.47 Å². The van der Waals surface area contributed by atoms with Gasteiger partial charge in [-0.25, -0.2) is 0 Å². The topological polar surface area (TPSA) is 0 Å². The van der Waals surface area contributed by atoms with Gasteiger partial charge in [0.1, 0.15) is 0 Å². The van der Waals surface area contributed by atoms with Gasteiger partial charge in [-0.3, -0.25) is 0 Å². The average Bonchev–Trinajstić information content (AvgIpc) is 1.99. The second kappa shape index (κ2) is 4.17. The van der Waals surface area contributed by atoms with Gasteiger partial charge in [-0.1, -0.05) is 28.1 Å². The van der Waals surface area contributed by atoms with Gasteiger partial charge in [-0.05, 0) is 36.3 Å². The Morgan fingerprint density at radius 2 is 2.18 bits per heavy atom. The Morgan fingerprint density at radius 3 is 2.82 bits per heavy atom. The molecule has 0 radical (unpaired) electrons. The number of hydrogen-bond acceptors (Lipinski definition) is 1. The van der Waals surface area contributed by atoms with Crippen molar-refractivity contribution >= 4 is 28.6 Å². The number of thiol groups is 1.